The highest BCUT2D eigenvalue weighted by Crippen LogP contribution is 2.23. The highest BCUT2D eigenvalue weighted by Gasteiger charge is 2.24. The van der Waals surface area contributed by atoms with Gasteiger partial charge in [0.1, 0.15) is 0 Å². The first kappa shape index (κ1) is 10.9. The van der Waals surface area contributed by atoms with Crippen molar-refractivity contribution in [1.29, 1.82) is 0 Å². The zero-order valence-corrected chi connectivity index (χ0v) is 10.6. The van der Waals surface area contributed by atoms with Gasteiger partial charge in [0.2, 0.25) is 5.95 Å². The molecule has 0 radical (unpaired) electrons. The van der Waals surface area contributed by atoms with E-state index in [9.17, 15) is 0 Å². The van der Waals surface area contributed by atoms with Crippen LogP contribution in [0.1, 0.15) is 31.7 Å². The molecular formula is C11H16BrN3. The lowest BCUT2D eigenvalue weighted by Gasteiger charge is -2.23. The second-order valence-corrected chi connectivity index (χ2v) is 4.48. The maximum Gasteiger partial charge on any atom is 0.225 e. The third kappa shape index (κ3) is 2.30. The van der Waals surface area contributed by atoms with Gasteiger partial charge in [-0.15, -0.1) is 0 Å². The van der Waals surface area contributed by atoms with Crippen molar-refractivity contribution in [2.24, 2.45) is 0 Å². The Labute approximate surface area is 99.0 Å². The lowest BCUT2D eigenvalue weighted by Crippen LogP contribution is -2.30. The van der Waals surface area contributed by atoms with E-state index in [1.165, 1.54) is 19.3 Å². The number of alkyl halides is 1. The van der Waals surface area contributed by atoms with Crippen LogP contribution in [0.3, 0.4) is 0 Å². The van der Waals surface area contributed by atoms with Crippen molar-refractivity contribution in [1.82, 2.24) is 9.97 Å². The number of anilines is 1. The monoisotopic (exact) mass is 269 g/mol. The van der Waals surface area contributed by atoms with Gasteiger partial charge in [0.05, 0.1) is 0 Å². The molecule has 1 aliphatic rings. The predicted octanol–water partition coefficient (Wildman–Crippen LogP) is 2.75. The summed E-state index contributed by atoms with van der Waals surface area (Å²) in [5, 5.41) is 0.824. The van der Waals surface area contributed by atoms with Crippen molar-refractivity contribution in [3.05, 3.63) is 18.0 Å². The van der Waals surface area contributed by atoms with Gasteiger partial charge in [-0.3, -0.25) is 0 Å². The van der Waals surface area contributed by atoms with Crippen molar-refractivity contribution in [3.63, 3.8) is 0 Å². The van der Waals surface area contributed by atoms with Crippen LogP contribution in [0.4, 0.5) is 5.95 Å². The molecule has 1 aromatic rings. The van der Waals surface area contributed by atoms with Gasteiger partial charge in [0, 0.05) is 30.3 Å². The molecule has 1 saturated heterocycles. The minimum atomic E-state index is 0.639. The average Bonchev–Trinajstić information content (AvgIpc) is 2.77. The molecule has 1 aromatic heterocycles. The zero-order valence-electron chi connectivity index (χ0n) is 8.99. The Morgan fingerprint density at radius 2 is 2.20 bits per heavy atom. The zero-order chi connectivity index (χ0) is 10.7. The lowest BCUT2D eigenvalue weighted by molar-refractivity contribution is 0.634. The molecule has 3 nitrogen and oxygen atoms in total. The molecular weight excluding hydrogens is 254 g/mol. The van der Waals surface area contributed by atoms with E-state index in [-0.39, 0.29) is 0 Å². The molecule has 2 rings (SSSR count). The lowest BCUT2D eigenvalue weighted by atomic mass is 10.2. The van der Waals surface area contributed by atoms with Gasteiger partial charge in [-0.25, -0.2) is 9.97 Å². The molecule has 1 unspecified atom stereocenters. The molecule has 0 aliphatic carbocycles. The normalized spacial score (nSPS) is 20.9. The Morgan fingerprint density at radius 3 is 2.80 bits per heavy atom. The third-order valence-electron chi connectivity index (χ3n) is 2.95. The Balaban J connectivity index is 2.14. The largest absolute Gasteiger partial charge is 0.338 e. The SMILES string of the molecule is CCC1CCCN1c1ncc(CBr)cn1. The van der Waals surface area contributed by atoms with Crippen LogP contribution in [-0.2, 0) is 5.33 Å². The van der Waals surface area contributed by atoms with Crippen molar-refractivity contribution in [2.75, 3.05) is 11.4 Å². The summed E-state index contributed by atoms with van der Waals surface area (Å²) in [5.41, 5.74) is 1.13. The predicted molar refractivity (Wildman–Crippen MR) is 65.3 cm³/mol. The molecule has 1 atom stereocenters. The fourth-order valence-electron chi connectivity index (χ4n) is 2.09. The first-order chi connectivity index (χ1) is 7.35. The Morgan fingerprint density at radius 1 is 1.47 bits per heavy atom. The molecule has 0 saturated carbocycles. The fraction of sp³-hybridized carbons (Fsp3) is 0.636. The molecule has 0 aromatic carbocycles. The van der Waals surface area contributed by atoms with Crippen molar-refractivity contribution >= 4 is 21.9 Å². The maximum atomic E-state index is 4.41. The highest BCUT2D eigenvalue weighted by atomic mass is 79.9. The van der Waals surface area contributed by atoms with Gasteiger partial charge in [-0.2, -0.15) is 0 Å². The van der Waals surface area contributed by atoms with Crippen molar-refractivity contribution in [2.45, 2.75) is 37.6 Å². The second-order valence-electron chi connectivity index (χ2n) is 3.92. The van der Waals surface area contributed by atoms with Gasteiger partial charge in [-0.05, 0) is 24.8 Å². The fourth-order valence-corrected chi connectivity index (χ4v) is 2.38. The highest BCUT2D eigenvalue weighted by molar-refractivity contribution is 9.08. The van der Waals surface area contributed by atoms with Crippen LogP contribution >= 0.6 is 15.9 Å². The molecule has 15 heavy (non-hydrogen) atoms. The molecule has 1 fully saturated rings. The first-order valence-electron chi connectivity index (χ1n) is 5.48. The number of nitrogens with zero attached hydrogens (tertiary/aromatic N) is 3. The molecule has 4 heteroatoms. The molecule has 0 N–H and O–H groups in total. The summed E-state index contributed by atoms with van der Waals surface area (Å²) < 4.78 is 0. The number of rotatable bonds is 3. The van der Waals surface area contributed by atoms with Crippen LogP contribution in [0.25, 0.3) is 0 Å². The van der Waals surface area contributed by atoms with E-state index in [4.69, 9.17) is 0 Å². The van der Waals surface area contributed by atoms with Crippen LogP contribution in [0.2, 0.25) is 0 Å². The van der Waals surface area contributed by atoms with Crippen LogP contribution < -0.4 is 4.90 Å². The third-order valence-corrected chi connectivity index (χ3v) is 3.60. The van der Waals surface area contributed by atoms with Gasteiger partial charge < -0.3 is 4.90 Å². The number of aromatic nitrogens is 2. The Kier molecular flexibility index (Phi) is 3.57. The van der Waals surface area contributed by atoms with E-state index in [0.29, 0.717) is 6.04 Å². The summed E-state index contributed by atoms with van der Waals surface area (Å²) in [6.45, 7) is 3.34. The van der Waals surface area contributed by atoms with Crippen molar-refractivity contribution < 1.29 is 0 Å². The first-order valence-corrected chi connectivity index (χ1v) is 6.60. The quantitative estimate of drug-likeness (QED) is 0.791. The average molecular weight is 270 g/mol. The molecule has 0 spiro atoms. The maximum absolute atomic E-state index is 4.41. The van der Waals surface area contributed by atoms with Gasteiger partial charge in [-0.1, -0.05) is 22.9 Å². The molecule has 1 aliphatic heterocycles. The molecule has 82 valence electrons. The van der Waals surface area contributed by atoms with Crippen molar-refractivity contribution in [3.8, 4) is 0 Å². The number of halogens is 1. The van der Waals surface area contributed by atoms with Crippen LogP contribution in [-0.4, -0.2) is 22.6 Å². The molecule has 0 bridgehead atoms. The Hall–Kier alpha value is -0.640. The van der Waals surface area contributed by atoms with Gasteiger partial charge in [0.15, 0.2) is 0 Å². The Bertz CT molecular complexity index is 312. The summed E-state index contributed by atoms with van der Waals surface area (Å²) >= 11 is 3.40. The minimum absolute atomic E-state index is 0.639. The second kappa shape index (κ2) is 4.92. The van der Waals surface area contributed by atoms with Crippen LogP contribution in [0.15, 0.2) is 12.4 Å². The van der Waals surface area contributed by atoms with Gasteiger partial charge >= 0.3 is 0 Å². The van der Waals surface area contributed by atoms with Crippen LogP contribution in [0.5, 0.6) is 0 Å². The smallest absolute Gasteiger partial charge is 0.225 e. The number of hydrogen-bond donors (Lipinski definition) is 0. The summed E-state index contributed by atoms with van der Waals surface area (Å²) in [7, 11) is 0. The number of hydrogen-bond acceptors (Lipinski definition) is 3. The standard InChI is InChI=1S/C11H16BrN3/c1-2-10-4-3-5-15(10)11-13-7-9(6-12)8-14-11/h7-8,10H,2-6H2,1H3. The summed E-state index contributed by atoms with van der Waals surface area (Å²) in [6.07, 6.45) is 7.54. The summed E-state index contributed by atoms with van der Waals surface area (Å²) in [5.74, 6) is 0.893. The minimum Gasteiger partial charge on any atom is -0.338 e. The van der Waals surface area contributed by atoms with E-state index < -0.39 is 0 Å². The van der Waals surface area contributed by atoms with Gasteiger partial charge in [0.25, 0.3) is 0 Å². The molecule has 0 amide bonds. The van der Waals surface area contributed by atoms with E-state index >= 15 is 0 Å². The summed E-state index contributed by atoms with van der Waals surface area (Å²) in [6, 6.07) is 0.639. The van der Waals surface area contributed by atoms with E-state index in [1.807, 2.05) is 12.4 Å². The molecule has 2 heterocycles. The van der Waals surface area contributed by atoms with E-state index in [0.717, 1.165) is 23.4 Å². The summed E-state index contributed by atoms with van der Waals surface area (Å²) in [4.78, 5) is 11.2. The topological polar surface area (TPSA) is 29.0 Å². The van der Waals surface area contributed by atoms with E-state index in [2.05, 4.69) is 37.7 Å². The van der Waals surface area contributed by atoms with Crippen LogP contribution in [0, 0.1) is 0 Å². The van der Waals surface area contributed by atoms with E-state index in [1.54, 1.807) is 0 Å².